The maximum atomic E-state index is 12.7. The molecule has 0 radical (unpaired) electrons. The zero-order chi connectivity index (χ0) is 17.3. The lowest BCUT2D eigenvalue weighted by molar-refractivity contribution is -0.667. The first-order chi connectivity index (χ1) is 11.4. The molecule has 0 saturated carbocycles. The molecule has 3 aromatic rings. The molecule has 1 heterocycles. The summed E-state index contributed by atoms with van der Waals surface area (Å²) >= 11 is 5.29. The minimum absolute atomic E-state index is 0.396. The fourth-order valence-electron chi connectivity index (χ4n) is 2.55. The standard InChI is InChI=1S/C17H14F3N3S/c1-22-15(13-5-3-2-4-6-13)23(21-16(22)24)11-12-7-9-14(10-8-12)17(18,19)20/h2-10H,11H2,1H3/p+1. The second-order valence-corrected chi connectivity index (χ2v) is 5.83. The summed E-state index contributed by atoms with van der Waals surface area (Å²) in [6.07, 6.45) is -4.33. The Balaban J connectivity index is 1.97. The quantitative estimate of drug-likeness (QED) is 0.558. The summed E-state index contributed by atoms with van der Waals surface area (Å²) < 4.78 is 42.2. The molecule has 24 heavy (non-hydrogen) atoms. The lowest BCUT2D eigenvalue weighted by Gasteiger charge is -2.07. The van der Waals surface area contributed by atoms with Crippen molar-refractivity contribution in [3.05, 3.63) is 70.5 Å². The Morgan fingerprint density at radius 2 is 1.67 bits per heavy atom. The predicted molar refractivity (Wildman–Crippen MR) is 86.8 cm³/mol. The molecule has 0 fully saturated rings. The molecule has 3 rings (SSSR count). The molecule has 0 amide bonds. The molecule has 2 aromatic carbocycles. The van der Waals surface area contributed by atoms with E-state index < -0.39 is 11.7 Å². The molecule has 0 aliphatic rings. The van der Waals surface area contributed by atoms with E-state index >= 15 is 0 Å². The van der Waals surface area contributed by atoms with E-state index in [-0.39, 0.29) is 0 Å². The zero-order valence-electron chi connectivity index (χ0n) is 12.8. The van der Waals surface area contributed by atoms with Gasteiger partial charge in [0.25, 0.3) is 5.82 Å². The summed E-state index contributed by atoms with van der Waals surface area (Å²) in [6.45, 7) is 0.396. The largest absolute Gasteiger partial charge is 0.416 e. The first kappa shape index (κ1) is 16.4. The lowest BCUT2D eigenvalue weighted by atomic mass is 10.1. The van der Waals surface area contributed by atoms with Crippen LogP contribution in [0.3, 0.4) is 0 Å². The van der Waals surface area contributed by atoms with Crippen molar-refractivity contribution >= 4 is 12.2 Å². The third kappa shape index (κ3) is 3.26. The number of H-pyrrole nitrogens is 1. The topological polar surface area (TPSA) is 24.6 Å². The predicted octanol–water partition coefficient (Wildman–Crippen LogP) is 4.10. The Kier molecular flexibility index (Phi) is 4.28. The van der Waals surface area contributed by atoms with E-state index in [1.807, 2.05) is 46.6 Å². The van der Waals surface area contributed by atoms with Crippen LogP contribution in [-0.2, 0) is 19.8 Å². The van der Waals surface area contributed by atoms with Gasteiger partial charge in [0, 0.05) is 0 Å². The molecule has 0 unspecified atom stereocenters. The molecule has 0 atom stereocenters. The van der Waals surface area contributed by atoms with Gasteiger partial charge >= 0.3 is 10.9 Å². The Hall–Kier alpha value is -2.41. The highest BCUT2D eigenvalue weighted by Crippen LogP contribution is 2.29. The number of nitrogens with one attached hydrogen (secondary N) is 1. The Bertz CT molecular complexity index is 894. The van der Waals surface area contributed by atoms with Gasteiger partial charge in [0.2, 0.25) is 0 Å². The van der Waals surface area contributed by atoms with E-state index in [2.05, 4.69) is 5.10 Å². The minimum Gasteiger partial charge on any atom is -0.220 e. The minimum atomic E-state index is -4.33. The normalized spacial score (nSPS) is 11.7. The fourth-order valence-corrected chi connectivity index (χ4v) is 2.75. The number of alkyl halides is 3. The molecule has 7 heteroatoms. The number of hydrogen-bond acceptors (Lipinski definition) is 1. The first-order valence-electron chi connectivity index (χ1n) is 7.26. The number of nitrogens with zero attached hydrogens (tertiary/aromatic N) is 2. The van der Waals surface area contributed by atoms with Gasteiger partial charge in [0.05, 0.1) is 18.2 Å². The molecule has 0 aliphatic carbocycles. The zero-order valence-corrected chi connectivity index (χ0v) is 13.7. The highest BCUT2D eigenvalue weighted by Gasteiger charge is 2.30. The molecular weight excluding hydrogens is 335 g/mol. The number of benzene rings is 2. The molecule has 0 bridgehead atoms. The Labute approximate surface area is 142 Å². The molecular formula is C17H15F3N3S+. The van der Waals surface area contributed by atoms with Crippen LogP contribution in [0, 0.1) is 4.77 Å². The summed E-state index contributed by atoms with van der Waals surface area (Å²) in [4.78, 5) is 0. The summed E-state index contributed by atoms with van der Waals surface area (Å²) in [5, 5.41) is 3.08. The van der Waals surface area contributed by atoms with Crippen LogP contribution in [0.2, 0.25) is 0 Å². The van der Waals surface area contributed by atoms with Crippen LogP contribution in [0.4, 0.5) is 13.2 Å². The van der Waals surface area contributed by atoms with Gasteiger partial charge in [-0.15, -0.1) is 9.78 Å². The van der Waals surface area contributed by atoms with Crippen molar-refractivity contribution in [2.45, 2.75) is 12.7 Å². The van der Waals surface area contributed by atoms with Crippen LogP contribution in [0.5, 0.6) is 0 Å². The van der Waals surface area contributed by atoms with Gasteiger partial charge < -0.3 is 0 Å². The van der Waals surface area contributed by atoms with Gasteiger partial charge in [0.15, 0.2) is 0 Å². The third-order valence-corrected chi connectivity index (χ3v) is 4.13. The molecule has 1 N–H and O–H groups in total. The van der Waals surface area contributed by atoms with Crippen LogP contribution in [0.25, 0.3) is 11.4 Å². The molecule has 124 valence electrons. The van der Waals surface area contributed by atoms with Gasteiger partial charge in [0.1, 0.15) is 6.54 Å². The van der Waals surface area contributed by atoms with Crippen molar-refractivity contribution in [1.29, 1.82) is 0 Å². The molecule has 3 nitrogen and oxygen atoms in total. The molecule has 0 aliphatic heterocycles. The maximum Gasteiger partial charge on any atom is 0.416 e. The molecule has 1 aromatic heterocycles. The summed E-state index contributed by atoms with van der Waals surface area (Å²) in [5.41, 5.74) is 1.07. The van der Waals surface area contributed by atoms with E-state index in [4.69, 9.17) is 12.2 Å². The van der Waals surface area contributed by atoms with E-state index in [1.54, 1.807) is 0 Å². The van der Waals surface area contributed by atoms with Crippen LogP contribution < -0.4 is 4.57 Å². The fraction of sp³-hybridized carbons (Fsp3) is 0.176. The second kappa shape index (κ2) is 6.24. The summed E-state index contributed by atoms with van der Waals surface area (Å²) in [5.74, 6) is 0.862. The average Bonchev–Trinajstić information content (AvgIpc) is 2.82. The van der Waals surface area contributed by atoms with Gasteiger partial charge in [-0.2, -0.15) is 13.2 Å². The monoisotopic (exact) mass is 350 g/mol. The van der Waals surface area contributed by atoms with E-state index in [0.717, 1.165) is 29.1 Å². The van der Waals surface area contributed by atoms with Crippen molar-refractivity contribution in [2.24, 2.45) is 7.05 Å². The molecule has 0 saturated heterocycles. The van der Waals surface area contributed by atoms with Gasteiger partial charge in [-0.05, 0) is 42.0 Å². The van der Waals surface area contributed by atoms with Crippen LogP contribution in [0.15, 0.2) is 54.6 Å². The maximum absolute atomic E-state index is 12.7. The van der Waals surface area contributed by atoms with Crippen molar-refractivity contribution in [3.8, 4) is 11.4 Å². The number of hydrogen-bond donors (Lipinski definition) is 1. The first-order valence-corrected chi connectivity index (χ1v) is 7.67. The van der Waals surface area contributed by atoms with E-state index in [9.17, 15) is 13.2 Å². The SMILES string of the molecule is C[n+]1c(-c2ccccc2)n(Cc2ccc(C(F)(F)F)cc2)[nH]c1=S. The van der Waals surface area contributed by atoms with E-state index in [1.165, 1.54) is 12.1 Å². The third-order valence-electron chi connectivity index (χ3n) is 3.76. The van der Waals surface area contributed by atoms with E-state index in [0.29, 0.717) is 11.3 Å². The highest BCUT2D eigenvalue weighted by molar-refractivity contribution is 7.71. The smallest absolute Gasteiger partial charge is 0.220 e. The molecule has 0 spiro atoms. The Morgan fingerprint density at radius 3 is 2.25 bits per heavy atom. The van der Waals surface area contributed by atoms with Gasteiger partial charge in [-0.1, -0.05) is 30.3 Å². The van der Waals surface area contributed by atoms with Crippen LogP contribution in [-0.4, -0.2) is 9.78 Å². The summed E-state index contributed by atoms with van der Waals surface area (Å²) in [6, 6.07) is 14.8. The number of halogens is 3. The number of aromatic nitrogens is 3. The highest BCUT2D eigenvalue weighted by atomic mass is 32.1. The number of aromatic amines is 1. The van der Waals surface area contributed by atoms with Crippen molar-refractivity contribution in [2.75, 3.05) is 0 Å². The van der Waals surface area contributed by atoms with Gasteiger partial charge in [-0.25, -0.2) is 4.57 Å². The average molecular weight is 350 g/mol. The van der Waals surface area contributed by atoms with Crippen LogP contribution in [0.1, 0.15) is 11.1 Å². The number of rotatable bonds is 3. The van der Waals surface area contributed by atoms with Crippen molar-refractivity contribution < 1.29 is 17.7 Å². The second-order valence-electron chi connectivity index (χ2n) is 5.45. The van der Waals surface area contributed by atoms with Gasteiger partial charge in [-0.3, -0.25) is 0 Å². The summed E-state index contributed by atoms with van der Waals surface area (Å²) in [7, 11) is 1.85. The van der Waals surface area contributed by atoms with Crippen molar-refractivity contribution in [1.82, 2.24) is 9.78 Å². The Morgan fingerprint density at radius 1 is 1.04 bits per heavy atom. The lowest BCUT2D eigenvalue weighted by Crippen LogP contribution is -2.30. The van der Waals surface area contributed by atoms with Crippen molar-refractivity contribution in [3.63, 3.8) is 0 Å². The van der Waals surface area contributed by atoms with Crippen LogP contribution >= 0.6 is 12.2 Å².